The Balaban J connectivity index is 3.08. The van der Waals surface area contributed by atoms with Crippen LogP contribution in [0.25, 0.3) is 0 Å². The van der Waals surface area contributed by atoms with Crippen LogP contribution in [0.15, 0.2) is 12.1 Å². The molecule has 0 N–H and O–H groups in total. The van der Waals surface area contributed by atoms with Crippen molar-refractivity contribution in [2.45, 2.75) is 13.5 Å². The third-order valence-corrected chi connectivity index (χ3v) is 1.75. The van der Waals surface area contributed by atoms with Crippen molar-refractivity contribution in [3.8, 4) is 0 Å². The summed E-state index contributed by atoms with van der Waals surface area (Å²) < 4.78 is 30.3. The van der Waals surface area contributed by atoms with Crippen LogP contribution in [0, 0.1) is 18.6 Å². The molecule has 0 atom stereocenters. The quantitative estimate of drug-likeness (QED) is 0.665. The predicted octanol–water partition coefficient (Wildman–Crippen LogP) is 2.42. The lowest BCUT2D eigenvalue weighted by molar-refractivity contribution is 0.184. The molecule has 0 radical (unpaired) electrons. The molecule has 66 valence electrons. The van der Waals surface area contributed by atoms with Crippen LogP contribution in [0.4, 0.5) is 8.78 Å². The van der Waals surface area contributed by atoms with Gasteiger partial charge in [-0.2, -0.15) is 0 Å². The molecule has 0 aliphatic heterocycles. The zero-order valence-electron chi connectivity index (χ0n) is 7.03. The molecule has 0 aliphatic carbocycles. The van der Waals surface area contributed by atoms with Gasteiger partial charge in [0.1, 0.15) is 0 Å². The van der Waals surface area contributed by atoms with Gasteiger partial charge in [-0.25, -0.2) is 8.78 Å². The van der Waals surface area contributed by atoms with Crippen molar-refractivity contribution < 1.29 is 13.5 Å². The van der Waals surface area contributed by atoms with Crippen LogP contribution < -0.4 is 0 Å². The van der Waals surface area contributed by atoms with E-state index in [1.807, 2.05) is 0 Å². The number of ether oxygens (including phenoxy) is 1. The van der Waals surface area contributed by atoms with Gasteiger partial charge in [0.05, 0.1) is 6.61 Å². The first-order valence-electron chi connectivity index (χ1n) is 3.59. The fraction of sp³-hybridized carbons (Fsp3) is 0.333. The highest BCUT2D eigenvalue weighted by Gasteiger charge is 2.08. The van der Waals surface area contributed by atoms with Crippen LogP contribution in [-0.4, -0.2) is 7.11 Å². The number of rotatable bonds is 2. The maximum Gasteiger partial charge on any atom is 0.162 e. The van der Waals surface area contributed by atoms with E-state index in [0.29, 0.717) is 17.7 Å². The van der Waals surface area contributed by atoms with E-state index >= 15 is 0 Å². The molecule has 0 aromatic heterocycles. The normalized spacial score (nSPS) is 10.3. The third kappa shape index (κ3) is 1.61. The fourth-order valence-electron chi connectivity index (χ4n) is 1.00. The van der Waals surface area contributed by atoms with Crippen molar-refractivity contribution in [1.82, 2.24) is 0 Å². The van der Waals surface area contributed by atoms with E-state index in [4.69, 9.17) is 4.74 Å². The number of hydrogen-bond acceptors (Lipinski definition) is 1. The molecule has 12 heavy (non-hydrogen) atoms. The SMILES string of the molecule is COCc1ccc(F)c(F)c1C. The average molecular weight is 172 g/mol. The molecule has 0 saturated heterocycles. The Labute approximate surface area is 70.0 Å². The molecule has 1 aromatic carbocycles. The van der Waals surface area contributed by atoms with Crippen molar-refractivity contribution in [2.75, 3.05) is 7.11 Å². The smallest absolute Gasteiger partial charge is 0.162 e. The lowest BCUT2D eigenvalue weighted by Gasteiger charge is -2.05. The van der Waals surface area contributed by atoms with Crippen LogP contribution >= 0.6 is 0 Å². The van der Waals surface area contributed by atoms with Crippen molar-refractivity contribution >= 4 is 0 Å². The lowest BCUT2D eigenvalue weighted by atomic mass is 10.1. The van der Waals surface area contributed by atoms with Gasteiger partial charge in [-0.05, 0) is 24.1 Å². The molecule has 3 heteroatoms. The molecular weight excluding hydrogens is 162 g/mol. The minimum absolute atomic E-state index is 0.309. The molecule has 1 aromatic rings. The van der Waals surface area contributed by atoms with Gasteiger partial charge >= 0.3 is 0 Å². The molecule has 0 amide bonds. The lowest BCUT2D eigenvalue weighted by Crippen LogP contribution is -1.97. The molecule has 1 nitrogen and oxygen atoms in total. The summed E-state index contributed by atoms with van der Waals surface area (Å²) in [5.41, 5.74) is 0.994. The Morgan fingerprint density at radius 3 is 2.58 bits per heavy atom. The highest BCUT2D eigenvalue weighted by molar-refractivity contribution is 5.27. The number of methoxy groups -OCH3 is 1. The van der Waals surface area contributed by atoms with E-state index in [1.54, 1.807) is 0 Å². The second kappa shape index (κ2) is 3.63. The number of halogens is 2. The molecule has 0 spiro atoms. The molecule has 0 bridgehead atoms. The molecule has 0 fully saturated rings. The fourth-order valence-corrected chi connectivity index (χ4v) is 1.00. The first kappa shape index (κ1) is 9.13. The van der Waals surface area contributed by atoms with Gasteiger partial charge in [0.25, 0.3) is 0 Å². The van der Waals surface area contributed by atoms with Crippen molar-refractivity contribution in [1.29, 1.82) is 0 Å². The molecular formula is C9H10F2O. The predicted molar refractivity (Wildman–Crippen MR) is 41.8 cm³/mol. The van der Waals surface area contributed by atoms with E-state index in [0.717, 1.165) is 6.07 Å². The summed E-state index contributed by atoms with van der Waals surface area (Å²) in [7, 11) is 1.51. The van der Waals surface area contributed by atoms with Crippen LogP contribution in [0.1, 0.15) is 11.1 Å². The Morgan fingerprint density at radius 2 is 2.00 bits per heavy atom. The highest BCUT2D eigenvalue weighted by atomic mass is 19.2. The Hall–Kier alpha value is -0.960. The molecule has 0 saturated carbocycles. The first-order chi connectivity index (χ1) is 5.66. The van der Waals surface area contributed by atoms with Crippen LogP contribution in [-0.2, 0) is 11.3 Å². The average Bonchev–Trinajstić information content (AvgIpc) is 2.07. The minimum Gasteiger partial charge on any atom is -0.380 e. The Kier molecular flexibility index (Phi) is 2.76. The highest BCUT2D eigenvalue weighted by Crippen LogP contribution is 2.16. The molecule has 0 unspecified atom stereocenters. The summed E-state index contributed by atoms with van der Waals surface area (Å²) in [4.78, 5) is 0. The number of hydrogen-bond donors (Lipinski definition) is 0. The van der Waals surface area contributed by atoms with Gasteiger partial charge < -0.3 is 4.74 Å². The van der Waals surface area contributed by atoms with Crippen LogP contribution in [0.3, 0.4) is 0 Å². The van der Waals surface area contributed by atoms with E-state index in [9.17, 15) is 8.78 Å². The summed E-state index contributed by atoms with van der Waals surface area (Å²) in [5.74, 6) is -1.60. The van der Waals surface area contributed by atoms with Crippen LogP contribution in [0.2, 0.25) is 0 Å². The van der Waals surface area contributed by atoms with Gasteiger partial charge in [-0.15, -0.1) is 0 Å². The Morgan fingerprint density at radius 1 is 1.33 bits per heavy atom. The van der Waals surface area contributed by atoms with Gasteiger partial charge in [0, 0.05) is 7.11 Å². The van der Waals surface area contributed by atoms with E-state index < -0.39 is 11.6 Å². The maximum absolute atomic E-state index is 12.9. The zero-order valence-corrected chi connectivity index (χ0v) is 7.03. The monoisotopic (exact) mass is 172 g/mol. The van der Waals surface area contributed by atoms with Crippen molar-refractivity contribution in [3.05, 3.63) is 34.9 Å². The van der Waals surface area contributed by atoms with E-state index in [2.05, 4.69) is 0 Å². The maximum atomic E-state index is 12.9. The molecule has 0 heterocycles. The zero-order chi connectivity index (χ0) is 9.14. The van der Waals surface area contributed by atoms with Gasteiger partial charge in [-0.1, -0.05) is 6.07 Å². The summed E-state index contributed by atoms with van der Waals surface area (Å²) in [6.45, 7) is 1.84. The summed E-state index contributed by atoms with van der Waals surface area (Å²) in [6.07, 6.45) is 0. The van der Waals surface area contributed by atoms with Crippen LogP contribution in [0.5, 0.6) is 0 Å². The number of benzene rings is 1. The van der Waals surface area contributed by atoms with Gasteiger partial charge in [0.15, 0.2) is 11.6 Å². The minimum atomic E-state index is -0.813. The summed E-state index contributed by atoms with van der Waals surface area (Å²) >= 11 is 0. The van der Waals surface area contributed by atoms with Gasteiger partial charge in [0.2, 0.25) is 0 Å². The largest absolute Gasteiger partial charge is 0.380 e. The van der Waals surface area contributed by atoms with Crippen molar-refractivity contribution in [3.63, 3.8) is 0 Å². The molecule has 0 aliphatic rings. The standard InChI is InChI=1S/C9H10F2O/c1-6-7(5-12-2)3-4-8(10)9(6)11/h3-4H,5H2,1-2H3. The van der Waals surface area contributed by atoms with Gasteiger partial charge in [-0.3, -0.25) is 0 Å². The molecule has 1 rings (SSSR count). The topological polar surface area (TPSA) is 9.23 Å². The van der Waals surface area contributed by atoms with E-state index in [-0.39, 0.29) is 0 Å². The third-order valence-electron chi connectivity index (χ3n) is 1.75. The first-order valence-corrected chi connectivity index (χ1v) is 3.59. The van der Waals surface area contributed by atoms with Crippen molar-refractivity contribution in [2.24, 2.45) is 0 Å². The second-order valence-electron chi connectivity index (χ2n) is 2.58. The summed E-state index contributed by atoms with van der Waals surface area (Å²) in [6, 6.07) is 2.63. The van der Waals surface area contributed by atoms with E-state index in [1.165, 1.54) is 20.1 Å². The summed E-state index contributed by atoms with van der Waals surface area (Å²) in [5, 5.41) is 0. The Bertz CT molecular complexity index is 284. The second-order valence-corrected chi connectivity index (χ2v) is 2.58.